The van der Waals surface area contributed by atoms with Gasteiger partial charge in [-0.05, 0) is 47.6 Å². The summed E-state index contributed by atoms with van der Waals surface area (Å²) in [7, 11) is 0. The van der Waals surface area contributed by atoms with Gasteiger partial charge in [0.15, 0.2) is 5.65 Å². The second kappa shape index (κ2) is 15.7. The molecular formula is C37H47N9O4. The van der Waals surface area contributed by atoms with Gasteiger partial charge in [0, 0.05) is 63.0 Å². The Labute approximate surface area is 292 Å². The third kappa shape index (κ3) is 8.23. The Kier molecular flexibility index (Phi) is 10.9. The molecule has 2 aromatic carbocycles. The van der Waals surface area contributed by atoms with E-state index in [1.54, 1.807) is 0 Å². The number of urea groups is 1. The first-order chi connectivity index (χ1) is 24.2. The molecule has 2 aromatic heterocycles. The molecule has 2 aliphatic rings. The summed E-state index contributed by atoms with van der Waals surface area (Å²) >= 11 is 0. The first-order valence-electron chi connectivity index (χ1n) is 17.5. The highest BCUT2D eigenvalue weighted by atomic mass is 16.3. The van der Waals surface area contributed by atoms with Crippen molar-refractivity contribution >= 4 is 40.8 Å². The van der Waals surface area contributed by atoms with E-state index in [0.717, 1.165) is 65.5 Å². The van der Waals surface area contributed by atoms with Gasteiger partial charge in [-0.15, -0.1) is 0 Å². The predicted molar refractivity (Wildman–Crippen MR) is 193 cm³/mol. The van der Waals surface area contributed by atoms with E-state index in [4.69, 9.17) is 4.98 Å². The number of nitrogens with one attached hydrogen (secondary N) is 4. The van der Waals surface area contributed by atoms with E-state index in [1.807, 2.05) is 65.0 Å². The van der Waals surface area contributed by atoms with Gasteiger partial charge in [-0.25, -0.2) is 9.78 Å². The van der Waals surface area contributed by atoms with Crippen LogP contribution in [0.25, 0.3) is 5.65 Å². The zero-order valence-corrected chi connectivity index (χ0v) is 29.0. The minimum Gasteiger partial charge on any atom is -0.394 e. The monoisotopic (exact) mass is 681 g/mol. The number of carbonyl (C=O) groups is 3. The molecule has 1 unspecified atom stereocenters. The summed E-state index contributed by atoms with van der Waals surface area (Å²) in [6.07, 6.45) is 3.52. The van der Waals surface area contributed by atoms with Gasteiger partial charge in [0.05, 0.1) is 24.8 Å². The van der Waals surface area contributed by atoms with Crippen molar-refractivity contribution in [1.29, 1.82) is 0 Å². The van der Waals surface area contributed by atoms with Gasteiger partial charge in [0.2, 0.25) is 11.8 Å². The number of nitrogens with zero attached hydrogens (tertiary/aromatic N) is 5. The molecule has 2 fully saturated rings. The Hall–Kier alpha value is -5.01. The molecule has 0 bridgehead atoms. The van der Waals surface area contributed by atoms with Crippen molar-refractivity contribution in [2.24, 2.45) is 0 Å². The maximum atomic E-state index is 13.1. The molecule has 2 saturated heterocycles. The number of hydrogen-bond donors (Lipinski definition) is 5. The number of amides is 4. The number of aliphatic hydroxyl groups excluding tert-OH is 1. The molecule has 5 N–H and O–H groups in total. The fraction of sp³-hybridized carbons (Fsp3) is 0.432. The number of carbonyl (C=O) groups excluding carboxylic acids is 3. The van der Waals surface area contributed by atoms with Crippen molar-refractivity contribution in [1.82, 2.24) is 29.7 Å². The number of rotatable bonds is 12. The van der Waals surface area contributed by atoms with Crippen LogP contribution in [0.5, 0.6) is 0 Å². The largest absolute Gasteiger partial charge is 0.394 e. The molecular weight excluding hydrogens is 634 g/mol. The predicted octanol–water partition coefficient (Wildman–Crippen LogP) is 4.52. The summed E-state index contributed by atoms with van der Waals surface area (Å²) in [6, 6.07) is 17.5. The zero-order chi connectivity index (χ0) is 35.2. The van der Waals surface area contributed by atoms with Gasteiger partial charge in [-0.1, -0.05) is 57.2 Å². The lowest BCUT2D eigenvalue weighted by atomic mass is 9.89. The first-order valence-corrected chi connectivity index (χ1v) is 17.5. The highest BCUT2D eigenvalue weighted by molar-refractivity contribution is 6.00. The summed E-state index contributed by atoms with van der Waals surface area (Å²) < 4.78 is 1.81. The first kappa shape index (κ1) is 34.8. The van der Waals surface area contributed by atoms with Gasteiger partial charge in [0.1, 0.15) is 11.6 Å². The Morgan fingerprint density at radius 2 is 1.82 bits per heavy atom. The third-order valence-corrected chi connectivity index (χ3v) is 9.52. The van der Waals surface area contributed by atoms with Crippen LogP contribution in [0.3, 0.4) is 0 Å². The minimum atomic E-state index is -0.298. The van der Waals surface area contributed by atoms with Crippen molar-refractivity contribution < 1.29 is 19.5 Å². The van der Waals surface area contributed by atoms with Crippen LogP contribution in [0, 0.1) is 0 Å². The Balaban J connectivity index is 1.01. The van der Waals surface area contributed by atoms with Crippen molar-refractivity contribution in [3.8, 4) is 0 Å². The Bertz CT molecular complexity index is 1810. The molecule has 13 heteroatoms. The van der Waals surface area contributed by atoms with Crippen LogP contribution in [0.4, 0.5) is 22.1 Å². The van der Waals surface area contributed by atoms with E-state index in [-0.39, 0.29) is 42.3 Å². The quantitative estimate of drug-likeness (QED) is 0.136. The fourth-order valence-electron chi connectivity index (χ4n) is 6.46. The number of fused-ring (bicyclic) bond motifs is 1. The van der Waals surface area contributed by atoms with E-state index < -0.39 is 0 Å². The maximum absolute atomic E-state index is 13.1. The molecule has 2 atom stereocenters. The van der Waals surface area contributed by atoms with E-state index in [0.29, 0.717) is 38.3 Å². The molecule has 4 heterocycles. The number of hydrogen-bond acceptors (Lipinski definition) is 9. The third-order valence-electron chi connectivity index (χ3n) is 9.52. The van der Waals surface area contributed by atoms with Crippen molar-refractivity contribution in [3.05, 3.63) is 83.0 Å². The second-order valence-corrected chi connectivity index (χ2v) is 13.4. The van der Waals surface area contributed by atoms with Crippen LogP contribution in [0.15, 0.2) is 60.8 Å². The molecule has 4 amide bonds. The van der Waals surface area contributed by atoms with E-state index >= 15 is 0 Å². The molecule has 264 valence electrons. The fourth-order valence-corrected chi connectivity index (χ4v) is 6.46. The summed E-state index contributed by atoms with van der Waals surface area (Å²) in [4.78, 5) is 46.0. The molecule has 2 aliphatic heterocycles. The molecule has 0 aliphatic carbocycles. The SMILES string of the molecule is CC[C@@H](CO)Nc1cc(NCc2ccc(NC(=O)N3CCN(Cc4cccc(C5CCC(=O)NC5=O)c4)CC3)cc2)n2ncc(C(C)C)c2n1. The molecule has 50 heavy (non-hydrogen) atoms. The standard InChI is InChI=1S/C37H47N9O4/c1-4-28(23-47)40-32-19-33(46-35(42-32)31(21-39-46)24(2)3)38-20-25-8-10-29(11-9-25)41-37(50)45-16-14-44(15-17-45)22-26-6-5-7-27(18-26)30-12-13-34(48)43-36(30)49/h5-11,18-19,21,24,28,30,38,47H,4,12-17,20,22-23H2,1-3H3,(H,40,42)(H,41,50)(H,43,48,49)/t28-,30?/m0/s1. The van der Waals surface area contributed by atoms with Crippen molar-refractivity contribution in [3.63, 3.8) is 0 Å². The van der Waals surface area contributed by atoms with Crippen LogP contribution in [-0.4, -0.2) is 86.2 Å². The zero-order valence-electron chi connectivity index (χ0n) is 29.0. The summed E-state index contributed by atoms with van der Waals surface area (Å²) in [5.41, 5.74) is 5.64. The minimum absolute atomic E-state index is 0.0200. The van der Waals surface area contributed by atoms with Gasteiger partial charge in [-0.3, -0.25) is 19.8 Å². The van der Waals surface area contributed by atoms with Gasteiger partial charge >= 0.3 is 6.03 Å². The number of anilines is 3. The van der Waals surface area contributed by atoms with Crippen LogP contribution < -0.4 is 21.3 Å². The van der Waals surface area contributed by atoms with Crippen molar-refractivity contribution in [2.75, 3.05) is 48.7 Å². The Morgan fingerprint density at radius 1 is 1.04 bits per heavy atom. The van der Waals surface area contributed by atoms with Gasteiger partial charge in [-0.2, -0.15) is 9.61 Å². The van der Waals surface area contributed by atoms with Crippen LogP contribution >= 0.6 is 0 Å². The molecule has 13 nitrogen and oxygen atoms in total. The van der Waals surface area contributed by atoms with Crippen LogP contribution in [0.2, 0.25) is 0 Å². The van der Waals surface area contributed by atoms with Crippen LogP contribution in [0.1, 0.15) is 74.1 Å². The van der Waals surface area contributed by atoms with E-state index in [9.17, 15) is 19.5 Å². The van der Waals surface area contributed by atoms with E-state index in [2.05, 4.69) is 57.2 Å². The molecule has 0 saturated carbocycles. The second-order valence-electron chi connectivity index (χ2n) is 13.4. The number of imide groups is 1. The number of benzene rings is 2. The van der Waals surface area contributed by atoms with E-state index in [1.165, 1.54) is 0 Å². The highest BCUT2D eigenvalue weighted by Crippen LogP contribution is 2.27. The lowest BCUT2D eigenvalue weighted by Gasteiger charge is -2.34. The molecule has 4 aromatic rings. The summed E-state index contributed by atoms with van der Waals surface area (Å²) in [5, 5.41) is 26.6. The number of aromatic nitrogens is 3. The van der Waals surface area contributed by atoms with Crippen molar-refractivity contribution in [2.45, 2.75) is 71.0 Å². The number of aliphatic hydroxyl groups is 1. The summed E-state index contributed by atoms with van der Waals surface area (Å²) in [6.45, 7) is 10.3. The van der Waals surface area contributed by atoms with Gasteiger partial charge in [0.25, 0.3) is 0 Å². The maximum Gasteiger partial charge on any atom is 0.321 e. The lowest BCUT2D eigenvalue weighted by Crippen LogP contribution is -2.49. The number of piperazine rings is 1. The average molecular weight is 682 g/mol. The Morgan fingerprint density at radius 3 is 2.52 bits per heavy atom. The molecule has 0 radical (unpaired) electrons. The smallest absolute Gasteiger partial charge is 0.321 e. The number of piperidine rings is 1. The summed E-state index contributed by atoms with van der Waals surface area (Å²) in [5.74, 6) is 0.995. The lowest BCUT2D eigenvalue weighted by molar-refractivity contribution is -0.134. The van der Waals surface area contributed by atoms with Gasteiger partial charge < -0.3 is 26.0 Å². The topological polar surface area (TPSA) is 156 Å². The highest BCUT2D eigenvalue weighted by Gasteiger charge is 2.28. The average Bonchev–Trinajstić information content (AvgIpc) is 3.55. The van der Waals surface area contributed by atoms with Crippen LogP contribution in [-0.2, 0) is 22.7 Å². The normalized spacial score (nSPS) is 17.5. The molecule has 0 spiro atoms. The molecule has 6 rings (SSSR count).